The van der Waals surface area contributed by atoms with Gasteiger partial charge in [-0.2, -0.15) is 21.6 Å². The smallest absolute Gasteiger partial charge is 0.423 e. The molecule has 0 fully saturated rings. The summed E-state index contributed by atoms with van der Waals surface area (Å²) in [6.07, 6.45) is 0.840. The van der Waals surface area contributed by atoms with Crippen LogP contribution in [-0.2, 0) is 16.5 Å². The van der Waals surface area contributed by atoms with Gasteiger partial charge in [0.25, 0.3) is 0 Å². The molecule has 3 rings (SSSR count). The van der Waals surface area contributed by atoms with Crippen LogP contribution in [0.4, 0.5) is 13.2 Å². The molecule has 1 heterocycles. The summed E-state index contributed by atoms with van der Waals surface area (Å²) in [4.78, 5) is 11.9. The Morgan fingerprint density at radius 2 is 1.70 bits per heavy atom. The number of hydrogen-bond donors (Lipinski definition) is 0. The molecular weight excluding hydrogens is 385 g/mol. The Morgan fingerprint density at radius 3 is 2.30 bits per heavy atom. The molecule has 0 bridgehead atoms. The average molecular weight is 398 g/mol. The first-order chi connectivity index (χ1) is 12.6. The summed E-state index contributed by atoms with van der Waals surface area (Å²) in [7, 11) is -5.82. The van der Waals surface area contributed by atoms with Gasteiger partial charge in [0.15, 0.2) is 0 Å². The zero-order valence-electron chi connectivity index (χ0n) is 13.9. The van der Waals surface area contributed by atoms with E-state index in [1.54, 1.807) is 0 Å². The molecule has 1 aromatic heterocycles. The summed E-state index contributed by atoms with van der Waals surface area (Å²) >= 11 is 0. The van der Waals surface area contributed by atoms with E-state index in [1.165, 1.54) is 12.1 Å². The van der Waals surface area contributed by atoms with Crippen molar-refractivity contribution in [2.24, 2.45) is 0 Å². The van der Waals surface area contributed by atoms with Crippen LogP contribution in [0.5, 0.6) is 5.75 Å². The van der Waals surface area contributed by atoms with Crippen LogP contribution in [0.2, 0.25) is 0 Å². The van der Waals surface area contributed by atoms with E-state index in [2.05, 4.69) is 4.18 Å². The van der Waals surface area contributed by atoms with Crippen LogP contribution in [0.15, 0.2) is 57.7 Å². The van der Waals surface area contributed by atoms with Gasteiger partial charge in [-0.3, -0.25) is 0 Å². The Hall–Kier alpha value is -2.81. The molecule has 0 aliphatic heterocycles. The van der Waals surface area contributed by atoms with Crippen LogP contribution in [0.3, 0.4) is 0 Å². The molecule has 0 unspecified atom stereocenters. The summed E-state index contributed by atoms with van der Waals surface area (Å²) in [6, 6.07) is 12.0. The Kier molecular flexibility index (Phi) is 4.73. The summed E-state index contributed by atoms with van der Waals surface area (Å²) < 4.78 is 68.7. The van der Waals surface area contributed by atoms with Gasteiger partial charge in [0.2, 0.25) is 0 Å². The van der Waals surface area contributed by atoms with Gasteiger partial charge < -0.3 is 8.60 Å². The number of rotatable bonds is 4. The van der Waals surface area contributed by atoms with Crippen LogP contribution in [-0.4, -0.2) is 13.9 Å². The molecule has 0 aliphatic rings. The fourth-order valence-corrected chi connectivity index (χ4v) is 2.98. The van der Waals surface area contributed by atoms with Crippen molar-refractivity contribution in [3.8, 4) is 16.9 Å². The molecule has 0 atom stereocenters. The predicted octanol–water partition coefficient (Wildman–Crippen LogP) is 4.25. The van der Waals surface area contributed by atoms with Crippen LogP contribution >= 0.6 is 0 Å². The third kappa shape index (κ3) is 3.82. The number of hydrogen-bond acceptors (Lipinski definition) is 5. The predicted molar refractivity (Wildman–Crippen MR) is 92.9 cm³/mol. The number of alkyl halides is 3. The van der Waals surface area contributed by atoms with Gasteiger partial charge in [-0.05, 0) is 35.2 Å². The monoisotopic (exact) mass is 398 g/mol. The topological polar surface area (TPSA) is 73.6 Å². The van der Waals surface area contributed by atoms with Crippen molar-refractivity contribution < 1.29 is 30.2 Å². The summed E-state index contributed by atoms with van der Waals surface area (Å²) in [5, 5.41) is 0.426. The minimum atomic E-state index is -5.82. The summed E-state index contributed by atoms with van der Waals surface area (Å²) in [6.45, 7) is 2.00. The van der Waals surface area contributed by atoms with E-state index >= 15 is 0 Å². The number of aryl methyl sites for hydroxylation is 1. The Morgan fingerprint density at radius 1 is 1.04 bits per heavy atom. The summed E-state index contributed by atoms with van der Waals surface area (Å²) in [5.74, 6) is -0.610. The molecule has 0 spiro atoms. The Balaban J connectivity index is 2.10. The maximum atomic E-state index is 12.5. The van der Waals surface area contributed by atoms with Gasteiger partial charge in [0.1, 0.15) is 11.3 Å². The fraction of sp³-hybridized carbons (Fsp3) is 0.167. The molecule has 9 heteroatoms. The average Bonchev–Trinajstić information content (AvgIpc) is 2.59. The minimum absolute atomic E-state index is 0.0908. The zero-order chi connectivity index (χ0) is 19.8. The van der Waals surface area contributed by atoms with E-state index in [4.69, 9.17) is 4.42 Å². The van der Waals surface area contributed by atoms with Crippen molar-refractivity contribution in [3.63, 3.8) is 0 Å². The molecule has 5 nitrogen and oxygen atoms in total. The standard InChI is InChI=1S/C18H13F3O5S/c1-2-11-3-5-12(6-4-11)15-10-17(22)25-16-9-13(7-8-14(15)16)26-27(23,24)18(19,20)21/h3-10H,2H2,1H3. The van der Waals surface area contributed by atoms with Crippen LogP contribution < -0.4 is 9.81 Å². The Bertz CT molecular complexity index is 1150. The van der Waals surface area contributed by atoms with Gasteiger partial charge in [-0.1, -0.05) is 31.2 Å². The van der Waals surface area contributed by atoms with E-state index in [0.717, 1.165) is 24.1 Å². The van der Waals surface area contributed by atoms with E-state index < -0.39 is 27.0 Å². The molecule has 0 radical (unpaired) electrons. The quantitative estimate of drug-likeness (QED) is 0.373. The molecule has 0 aliphatic carbocycles. The molecule has 2 aromatic carbocycles. The highest BCUT2D eigenvalue weighted by Crippen LogP contribution is 2.32. The van der Waals surface area contributed by atoms with Crippen LogP contribution in [0, 0.1) is 0 Å². The maximum Gasteiger partial charge on any atom is 0.534 e. The first kappa shape index (κ1) is 19.0. The van der Waals surface area contributed by atoms with Crippen molar-refractivity contribution in [1.82, 2.24) is 0 Å². The second-order valence-corrected chi connectivity index (χ2v) is 7.21. The van der Waals surface area contributed by atoms with Gasteiger partial charge in [0.05, 0.1) is 0 Å². The highest BCUT2D eigenvalue weighted by Gasteiger charge is 2.48. The van der Waals surface area contributed by atoms with Crippen LogP contribution in [0.25, 0.3) is 22.1 Å². The Labute approximate surface area is 152 Å². The van der Waals surface area contributed by atoms with Gasteiger partial charge in [0, 0.05) is 17.5 Å². The fourth-order valence-electron chi connectivity index (χ4n) is 2.53. The van der Waals surface area contributed by atoms with Crippen molar-refractivity contribution in [3.05, 3.63) is 64.5 Å². The molecule has 0 saturated carbocycles. The lowest BCUT2D eigenvalue weighted by molar-refractivity contribution is -0.0500. The summed E-state index contributed by atoms with van der Waals surface area (Å²) in [5.41, 5.74) is -4.07. The highest BCUT2D eigenvalue weighted by molar-refractivity contribution is 7.88. The van der Waals surface area contributed by atoms with E-state index in [1.807, 2.05) is 31.2 Å². The van der Waals surface area contributed by atoms with Gasteiger partial charge in [-0.15, -0.1) is 0 Å². The van der Waals surface area contributed by atoms with E-state index in [9.17, 15) is 26.4 Å². The van der Waals surface area contributed by atoms with E-state index in [0.29, 0.717) is 16.5 Å². The van der Waals surface area contributed by atoms with Gasteiger partial charge in [-0.25, -0.2) is 4.79 Å². The maximum absolute atomic E-state index is 12.5. The third-order valence-electron chi connectivity index (χ3n) is 3.88. The number of halogens is 3. The second kappa shape index (κ2) is 6.73. The highest BCUT2D eigenvalue weighted by atomic mass is 32.2. The van der Waals surface area contributed by atoms with Crippen molar-refractivity contribution >= 4 is 21.1 Å². The number of benzene rings is 2. The molecule has 0 amide bonds. The lowest BCUT2D eigenvalue weighted by Gasteiger charge is -2.11. The van der Waals surface area contributed by atoms with Crippen LogP contribution in [0.1, 0.15) is 12.5 Å². The van der Waals surface area contributed by atoms with Gasteiger partial charge >= 0.3 is 21.3 Å². The van der Waals surface area contributed by atoms with E-state index in [-0.39, 0.29) is 5.58 Å². The number of fused-ring (bicyclic) bond motifs is 1. The molecule has 0 N–H and O–H groups in total. The first-order valence-electron chi connectivity index (χ1n) is 7.78. The molecule has 3 aromatic rings. The largest absolute Gasteiger partial charge is 0.534 e. The lowest BCUT2D eigenvalue weighted by atomic mass is 10.0. The third-order valence-corrected chi connectivity index (χ3v) is 4.86. The lowest BCUT2D eigenvalue weighted by Crippen LogP contribution is -2.28. The second-order valence-electron chi connectivity index (χ2n) is 5.67. The molecular formula is C18H13F3O5S. The molecule has 0 saturated heterocycles. The SMILES string of the molecule is CCc1ccc(-c2cc(=O)oc3cc(OS(=O)(=O)C(F)(F)F)ccc23)cc1. The van der Waals surface area contributed by atoms with Crippen molar-refractivity contribution in [1.29, 1.82) is 0 Å². The molecule has 27 heavy (non-hydrogen) atoms. The normalized spacial score (nSPS) is 12.3. The van der Waals surface area contributed by atoms with Crippen molar-refractivity contribution in [2.75, 3.05) is 0 Å². The first-order valence-corrected chi connectivity index (χ1v) is 9.19. The minimum Gasteiger partial charge on any atom is -0.423 e. The zero-order valence-corrected chi connectivity index (χ0v) is 14.7. The van der Waals surface area contributed by atoms with Crippen molar-refractivity contribution in [2.45, 2.75) is 18.9 Å². The molecule has 142 valence electrons.